The van der Waals surface area contributed by atoms with Gasteiger partial charge in [0.1, 0.15) is 11.9 Å². The number of rotatable bonds is 5. The van der Waals surface area contributed by atoms with Crippen molar-refractivity contribution in [3.63, 3.8) is 0 Å². The average Bonchev–Trinajstić information content (AvgIpc) is 2.22. The predicted octanol–water partition coefficient (Wildman–Crippen LogP) is 2.30. The monoisotopic (exact) mass is 297 g/mol. The lowest BCUT2D eigenvalue weighted by Crippen LogP contribution is -2.31. The number of nitrogens with one attached hydrogen (secondary N) is 1. The van der Waals surface area contributed by atoms with Gasteiger partial charge in [0.05, 0.1) is 0 Å². The average molecular weight is 298 g/mol. The van der Waals surface area contributed by atoms with Crippen LogP contribution < -0.4 is 5.32 Å². The first-order chi connectivity index (χ1) is 7.50. The van der Waals surface area contributed by atoms with Crippen LogP contribution in [0.4, 0.5) is 13.2 Å². The third kappa shape index (κ3) is 4.11. The van der Waals surface area contributed by atoms with Crippen molar-refractivity contribution in [2.24, 2.45) is 0 Å². The normalized spacial score (nSPS) is 13.1. The highest BCUT2D eigenvalue weighted by Gasteiger charge is 2.15. The summed E-state index contributed by atoms with van der Waals surface area (Å²) in [4.78, 5) is 0. The van der Waals surface area contributed by atoms with Gasteiger partial charge in [-0.25, -0.2) is 13.2 Å². The zero-order valence-electron chi connectivity index (χ0n) is 8.26. The Labute approximate surface area is 99.6 Å². The molecule has 0 saturated carbocycles. The summed E-state index contributed by atoms with van der Waals surface area (Å²) < 4.78 is 37.4. The van der Waals surface area contributed by atoms with Crippen molar-refractivity contribution in [2.75, 3.05) is 6.54 Å². The lowest BCUT2D eigenvalue weighted by Gasteiger charge is -2.11. The van der Waals surface area contributed by atoms with E-state index in [1.165, 1.54) is 18.2 Å². The van der Waals surface area contributed by atoms with Crippen molar-refractivity contribution < 1.29 is 18.3 Å². The van der Waals surface area contributed by atoms with Crippen molar-refractivity contribution in [1.29, 1.82) is 0 Å². The van der Waals surface area contributed by atoms with Crippen molar-refractivity contribution in [3.05, 3.63) is 34.1 Å². The number of hydrogen-bond donors (Lipinski definition) is 2. The van der Waals surface area contributed by atoms with E-state index in [0.717, 1.165) is 0 Å². The highest BCUT2D eigenvalue weighted by atomic mass is 79.9. The molecule has 6 heteroatoms. The van der Waals surface area contributed by atoms with Crippen LogP contribution in [0.5, 0.6) is 0 Å². The van der Waals surface area contributed by atoms with Crippen LogP contribution >= 0.6 is 15.9 Å². The smallest absolute Gasteiger partial charge is 0.265 e. The van der Waals surface area contributed by atoms with Gasteiger partial charge in [0, 0.05) is 17.6 Å². The van der Waals surface area contributed by atoms with Gasteiger partial charge in [0.25, 0.3) is 6.43 Å². The number of benzene rings is 1. The molecule has 0 aliphatic carbocycles. The molecule has 0 aromatic heterocycles. The van der Waals surface area contributed by atoms with E-state index in [9.17, 15) is 13.2 Å². The second-order valence-corrected chi connectivity index (χ2v) is 4.12. The van der Waals surface area contributed by atoms with Crippen LogP contribution in [0.2, 0.25) is 0 Å². The summed E-state index contributed by atoms with van der Waals surface area (Å²) >= 11 is 3.21. The molecule has 0 aliphatic rings. The molecule has 2 N–H and O–H groups in total. The minimum absolute atomic E-state index is 0.210. The van der Waals surface area contributed by atoms with Gasteiger partial charge in [0.2, 0.25) is 0 Å². The molecular weight excluding hydrogens is 287 g/mol. The molecule has 0 saturated heterocycles. The first-order valence-corrected chi connectivity index (χ1v) is 5.41. The van der Waals surface area contributed by atoms with E-state index in [2.05, 4.69) is 21.2 Å². The first kappa shape index (κ1) is 13.5. The maximum absolute atomic E-state index is 12.8. The van der Waals surface area contributed by atoms with Crippen LogP contribution in [0.15, 0.2) is 22.7 Å². The van der Waals surface area contributed by atoms with Gasteiger partial charge < -0.3 is 10.4 Å². The van der Waals surface area contributed by atoms with Crippen LogP contribution in [0.1, 0.15) is 5.56 Å². The van der Waals surface area contributed by atoms with E-state index in [0.29, 0.717) is 10.0 Å². The largest absolute Gasteiger partial charge is 0.386 e. The highest BCUT2D eigenvalue weighted by molar-refractivity contribution is 9.10. The Morgan fingerprint density at radius 3 is 2.69 bits per heavy atom. The van der Waals surface area contributed by atoms with Gasteiger partial charge in [-0.2, -0.15) is 0 Å². The summed E-state index contributed by atoms with van der Waals surface area (Å²) in [6.07, 6.45) is -4.48. The third-order valence-electron chi connectivity index (χ3n) is 1.97. The molecule has 0 spiro atoms. The lowest BCUT2D eigenvalue weighted by molar-refractivity contribution is -0.00341. The number of aliphatic hydroxyl groups excluding tert-OH is 1. The van der Waals surface area contributed by atoms with Crippen LogP contribution in [0.3, 0.4) is 0 Å². The number of alkyl halides is 2. The van der Waals surface area contributed by atoms with Crippen molar-refractivity contribution >= 4 is 15.9 Å². The van der Waals surface area contributed by atoms with Gasteiger partial charge >= 0.3 is 0 Å². The number of aliphatic hydroxyl groups is 1. The molecule has 2 nitrogen and oxygen atoms in total. The zero-order valence-corrected chi connectivity index (χ0v) is 9.85. The van der Waals surface area contributed by atoms with Crippen molar-refractivity contribution in [3.8, 4) is 0 Å². The molecule has 0 fully saturated rings. The van der Waals surface area contributed by atoms with Crippen LogP contribution in [0, 0.1) is 5.82 Å². The van der Waals surface area contributed by atoms with E-state index in [-0.39, 0.29) is 13.1 Å². The fourth-order valence-corrected chi connectivity index (χ4v) is 1.51. The molecule has 0 heterocycles. The van der Waals surface area contributed by atoms with Gasteiger partial charge in [-0.05, 0) is 23.8 Å². The molecule has 0 amide bonds. The molecule has 1 aromatic carbocycles. The second-order valence-electron chi connectivity index (χ2n) is 3.27. The summed E-state index contributed by atoms with van der Waals surface area (Å²) in [5.41, 5.74) is 0.612. The van der Waals surface area contributed by atoms with Gasteiger partial charge in [-0.1, -0.05) is 15.9 Å². The first-order valence-electron chi connectivity index (χ1n) is 4.61. The van der Waals surface area contributed by atoms with Gasteiger partial charge in [-0.3, -0.25) is 0 Å². The highest BCUT2D eigenvalue weighted by Crippen LogP contribution is 2.17. The van der Waals surface area contributed by atoms with Crippen LogP contribution in [-0.2, 0) is 6.54 Å². The van der Waals surface area contributed by atoms with E-state index < -0.39 is 18.3 Å². The summed E-state index contributed by atoms with van der Waals surface area (Å²) in [7, 11) is 0. The Hall–Kier alpha value is -0.590. The third-order valence-corrected chi connectivity index (χ3v) is 2.74. The Morgan fingerprint density at radius 1 is 1.38 bits per heavy atom. The molecule has 1 aromatic rings. The van der Waals surface area contributed by atoms with E-state index in [1.54, 1.807) is 0 Å². The molecular formula is C10H11BrF3NO. The molecule has 1 rings (SSSR count). The SMILES string of the molecule is OC(CNCc1cc(F)ccc1Br)C(F)F. The standard InChI is InChI=1S/C10H11BrF3NO/c11-8-2-1-7(12)3-6(8)4-15-5-9(16)10(13)14/h1-3,9-10,15-16H,4-5H2. The predicted molar refractivity (Wildman–Crippen MR) is 57.8 cm³/mol. The van der Waals surface area contributed by atoms with Crippen molar-refractivity contribution in [1.82, 2.24) is 5.32 Å². The fourth-order valence-electron chi connectivity index (χ4n) is 1.12. The minimum Gasteiger partial charge on any atom is -0.386 e. The van der Waals surface area contributed by atoms with E-state index in [1.807, 2.05) is 0 Å². The maximum atomic E-state index is 12.8. The molecule has 1 unspecified atom stereocenters. The summed E-state index contributed by atoms with van der Waals surface area (Å²) in [6.45, 7) is -0.0251. The van der Waals surface area contributed by atoms with Gasteiger partial charge in [-0.15, -0.1) is 0 Å². The van der Waals surface area contributed by atoms with Crippen LogP contribution in [0.25, 0.3) is 0 Å². The molecule has 90 valence electrons. The van der Waals surface area contributed by atoms with Gasteiger partial charge in [0.15, 0.2) is 0 Å². The summed E-state index contributed by atoms with van der Waals surface area (Å²) in [5.74, 6) is -0.394. The Kier molecular flexibility index (Phi) is 5.24. The van der Waals surface area contributed by atoms with Crippen LogP contribution in [-0.4, -0.2) is 24.2 Å². The molecule has 0 radical (unpaired) electrons. The molecule has 0 bridgehead atoms. The Morgan fingerprint density at radius 2 is 2.06 bits per heavy atom. The topological polar surface area (TPSA) is 32.3 Å². The summed E-state index contributed by atoms with van der Waals surface area (Å²) in [5, 5.41) is 11.5. The quantitative estimate of drug-likeness (QED) is 0.874. The molecule has 0 aliphatic heterocycles. The van der Waals surface area contributed by atoms with E-state index in [4.69, 9.17) is 5.11 Å². The Balaban J connectivity index is 2.45. The lowest BCUT2D eigenvalue weighted by atomic mass is 10.2. The van der Waals surface area contributed by atoms with Crippen molar-refractivity contribution in [2.45, 2.75) is 19.1 Å². The zero-order chi connectivity index (χ0) is 12.1. The number of hydrogen-bond acceptors (Lipinski definition) is 2. The minimum atomic E-state index is -2.77. The van der Waals surface area contributed by atoms with E-state index >= 15 is 0 Å². The Bertz CT molecular complexity index is 349. The fraction of sp³-hybridized carbons (Fsp3) is 0.400. The molecule has 1 atom stereocenters. The molecule has 16 heavy (non-hydrogen) atoms. The number of halogens is 4. The summed E-state index contributed by atoms with van der Waals surface area (Å²) in [6, 6.07) is 4.13. The maximum Gasteiger partial charge on any atom is 0.265 e. The second kappa shape index (κ2) is 6.22.